The lowest BCUT2D eigenvalue weighted by Crippen LogP contribution is -2.61. The number of hydrogen-bond acceptors (Lipinski definition) is 3. The maximum atomic E-state index is 6.34. The van der Waals surface area contributed by atoms with Crippen LogP contribution in [0.25, 0.3) is 55.3 Å². The largest absolute Gasteiger partial charge is 0.456 e. The van der Waals surface area contributed by atoms with Crippen molar-refractivity contribution < 1.29 is 4.42 Å². The van der Waals surface area contributed by atoms with Gasteiger partial charge in [-0.3, -0.25) is 0 Å². The van der Waals surface area contributed by atoms with Gasteiger partial charge < -0.3 is 14.2 Å². The molecule has 0 radical (unpaired) electrons. The van der Waals surface area contributed by atoms with Gasteiger partial charge in [-0.05, 0) is 160 Å². The summed E-state index contributed by atoms with van der Waals surface area (Å²) in [6.07, 6.45) is 0. The van der Waals surface area contributed by atoms with Crippen LogP contribution >= 0.6 is 0 Å². The number of fused-ring (bicyclic) bond motifs is 7. The van der Waals surface area contributed by atoms with Crippen molar-refractivity contribution in [3.05, 3.63) is 210 Å². The van der Waals surface area contributed by atoms with E-state index in [1.54, 1.807) is 0 Å². The Kier molecular flexibility index (Phi) is 10.9. The lowest BCUT2D eigenvalue weighted by Gasteiger charge is -2.45. The summed E-state index contributed by atoms with van der Waals surface area (Å²) in [5, 5.41) is 2.26. The number of furan rings is 1. The molecule has 366 valence electrons. The Hall–Kier alpha value is -7.56. The van der Waals surface area contributed by atoms with Crippen LogP contribution in [0.1, 0.15) is 105 Å². The van der Waals surface area contributed by atoms with Crippen molar-refractivity contribution in [3.63, 3.8) is 0 Å². The topological polar surface area (TPSA) is 19.6 Å². The summed E-state index contributed by atoms with van der Waals surface area (Å²) in [4.78, 5) is 5.12. The van der Waals surface area contributed by atoms with E-state index in [2.05, 4.69) is 275 Å². The summed E-state index contributed by atoms with van der Waals surface area (Å²) >= 11 is 0. The van der Waals surface area contributed by atoms with Crippen molar-refractivity contribution >= 4 is 79.2 Å². The highest BCUT2D eigenvalue weighted by Crippen LogP contribution is 2.48. The first kappa shape index (κ1) is 47.4. The predicted molar refractivity (Wildman–Crippen MR) is 319 cm³/mol. The van der Waals surface area contributed by atoms with Crippen LogP contribution in [0.2, 0.25) is 0 Å². The molecular formula is C70H67BN2O. The minimum atomic E-state index is -0.0560. The zero-order valence-corrected chi connectivity index (χ0v) is 45.3. The monoisotopic (exact) mass is 963 g/mol. The normalized spacial score (nSPS) is 13.6. The van der Waals surface area contributed by atoms with E-state index in [4.69, 9.17) is 4.42 Å². The van der Waals surface area contributed by atoms with Crippen molar-refractivity contribution in [2.24, 2.45) is 0 Å². The summed E-state index contributed by atoms with van der Waals surface area (Å²) in [6.45, 7) is 27.8. The first-order chi connectivity index (χ1) is 35.2. The van der Waals surface area contributed by atoms with Gasteiger partial charge in [0.2, 0.25) is 0 Å². The summed E-state index contributed by atoms with van der Waals surface area (Å²) in [5.74, 6) is 0. The van der Waals surface area contributed by atoms with Crippen LogP contribution in [0.5, 0.6) is 0 Å². The molecule has 74 heavy (non-hydrogen) atoms. The minimum Gasteiger partial charge on any atom is -0.456 e. The molecule has 3 nitrogen and oxygen atoms in total. The van der Waals surface area contributed by atoms with Crippen LogP contribution in [-0.4, -0.2) is 6.71 Å². The minimum absolute atomic E-state index is 0.00852. The van der Waals surface area contributed by atoms with Crippen LogP contribution < -0.4 is 26.2 Å². The Morgan fingerprint density at radius 1 is 0.311 bits per heavy atom. The summed E-state index contributed by atoms with van der Waals surface area (Å²) in [7, 11) is 0. The second kappa shape index (κ2) is 17.0. The molecule has 0 N–H and O–H groups in total. The van der Waals surface area contributed by atoms with Crippen molar-refractivity contribution in [2.45, 2.75) is 105 Å². The number of rotatable bonds is 5. The summed E-state index contributed by atoms with van der Waals surface area (Å²) in [6, 6.07) is 71.4. The molecule has 10 aromatic rings. The van der Waals surface area contributed by atoms with Crippen molar-refractivity contribution in [1.82, 2.24) is 0 Å². The molecule has 0 bridgehead atoms. The van der Waals surface area contributed by atoms with E-state index in [9.17, 15) is 0 Å². The molecule has 2 aliphatic heterocycles. The molecule has 0 aliphatic carbocycles. The Morgan fingerprint density at radius 2 is 0.797 bits per heavy atom. The average molecular weight is 963 g/mol. The Morgan fingerprint density at radius 3 is 1.43 bits per heavy atom. The van der Waals surface area contributed by atoms with Crippen LogP contribution in [0.4, 0.5) is 34.1 Å². The molecule has 0 spiro atoms. The second-order valence-corrected chi connectivity index (χ2v) is 25.1. The fraction of sp³-hybridized carbons (Fsp3) is 0.229. The molecule has 0 saturated heterocycles. The SMILES string of the molecule is CC(C)(C)c1ccc(N2c3ccc(C(C)(C)C)cc3B3c4ccc(-c5ccc6oc7ccccc7c6c5)cc4N(c4ccc(-c5cc(C(C)(C)C)cc(C(C)(C)C)c5)cc4)c4cc(-c5ccccc5)cc2c43)cc1. The zero-order chi connectivity index (χ0) is 51.6. The lowest BCUT2D eigenvalue weighted by molar-refractivity contribution is 0.569. The van der Waals surface area contributed by atoms with E-state index in [1.807, 2.05) is 6.07 Å². The Bertz CT molecular complexity index is 3780. The molecule has 4 heteroatoms. The van der Waals surface area contributed by atoms with Gasteiger partial charge in [-0.1, -0.05) is 204 Å². The van der Waals surface area contributed by atoms with E-state index in [1.165, 1.54) is 83.6 Å². The smallest absolute Gasteiger partial charge is 0.252 e. The number of benzene rings is 9. The molecular weight excluding hydrogens is 896 g/mol. The number of para-hydroxylation sites is 1. The molecule has 2 aliphatic rings. The van der Waals surface area contributed by atoms with Gasteiger partial charge in [0.05, 0.1) is 0 Å². The highest BCUT2D eigenvalue weighted by Gasteiger charge is 2.44. The molecule has 0 saturated carbocycles. The second-order valence-electron chi connectivity index (χ2n) is 25.1. The quantitative estimate of drug-likeness (QED) is 0.160. The van der Waals surface area contributed by atoms with E-state index in [-0.39, 0.29) is 28.4 Å². The van der Waals surface area contributed by atoms with Gasteiger partial charge in [-0.2, -0.15) is 0 Å². The Labute approximate surface area is 439 Å². The van der Waals surface area contributed by atoms with Crippen molar-refractivity contribution in [3.8, 4) is 33.4 Å². The van der Waals surface area contributed by atoms with Gasteiger partial charge in [0, 0.05) is 44.9 Å². The molecule has 9 aromatic carbocycles. The number of hydrogen-bond donors (Lipinski definition) is 0. The van der Waals surface area contributed by atoms with Gasteiger partial charge in [-0.25, -0.2) is 0 Å². The van der Waals surface area contributed by atoms with Crippen molar-refractivity contribution in [1.29, 1.82) is 0 Å². The number of anilines is 6. The Balaban J connectivity index is 1.13. The molecule has 0 amide bonds. The average Bonchev–Trinajstić information content (AvgIpc) is 3.78. The van der Waals surface area contributed by atoms with Gasteiger partial charge >= 0.3 is 0 Å². The van der Waals surface area contributed by atoms with E-state index < -0.39 is 0 Å². The number of nitrogens with zero attached hydrogens (tertiary/aromatic N) is 2. The third kappa shape index (κ3) is 8.15. The highest BCUT2D eigenvalue weighted by molar-refractivity contribution is 7.00. The third-order valence-corrected chi connectivity index (χ3v) is 15.9. The summed E-state index contributed by atoms with van der Waals surface area (Å²) in [5.41, 5.74) is 25.3. The van der Waals surface area contributed by atoms with E-state index >= 15 is 0 Å². The third-order valence-electron chi connectivity index (χ3n) is 15.9. The van der Waals surface area contributed by atoms with E-state index in [0.29, 0.717) is 0 Å². The van der Waals surface area contributed by atoms with Gasteiger partial charge in [-0.15, -0.1) is 0 Å². The van der Waals surface area contributed by atoms with Gasteiger partial charge in [0.1, 0.15) is 11.2 Å². The van der Waals surface area contributed by atoms with Crippen LogP contribution in [0.15, 0.2) is 192 Å². The maximum absolute atomic E-state index is 6.34. The predicted octanol–water partition coefficient (Wildman–Crippen LogP) is 17.9. The van der Waals surface area contributed by atoms with Gasteiger partial charge in [0.15, 0.2) is 0 Å². The molecule has 0 unspecified atom stereocenters. The molecule has 0 atom stereocenters. The fourth-order valence-corrected chi connectivity index (χ4v) is 11.5. The highest BCUT2D eigenvalue weighted by atomic mass is 16.3. The molecule has 0 fully saturated rings. The van der Waals surface area contributed by atoms with Crippen molar-refractivity contribution in [2.75, 3.05) is 9.80 Å². The standard InChI is InChI=1S/C70H67BN2O/c1-67(2,3)50-26-31-55(32-27-50)72-60-34-28-51(68(4,5)6)43-59(60)71-58-33-24-47(46-25-35-65-57(38-46)56-20-16-17-21-64(56)74-65)39-61(58)73(63-41-49(40-62(72)66(63)71)44-18-14-13-15-19-44)54-29-22-45(23-30-54)48-36-52(69(7,8)9)42-53(37-48)70(10,11)12/h13-43H,1-12H3. The van der Waals surface area contributed by atoms with Gasteiger partial charge in [0.25, 0.3) is 6.71 Å². The molecule has 3 heterocycles. The summed E-state index contributed by atoms with van der Waals surface area (Å²) < 4.78 is 6.34. The lowest BCUT2D eigenvalue weighted by atomic mass is 9.33. The molecule has 12 rings (SSSR count). The maximum Gasteiger partial charge on any atom is 0.252 e. The first-order valence-corrected chi connectivity index (χ1v) is 26.6. The van der Waals surface area contributed by atoms with Crippen LogP contribution in [0.3, 0.4) is 0 Å². The molecule has 1 aromatic heterocycles. The van der Waals surface area contributed by atoms with Crippen LogP contribution in [-0.2, 0) is 21.7 Å². The zero-order valence-electron chi connectivity index (χ0n) is 45.3. The fourth-order valence-electron chi connectivity index (χ4n) is 11.5. The first-order valence-electron chi connectivity index (χ1n) is 26.6. The van der Waals surface area contributed by atoms with E-state index in [0.717, 1.165) is 44.4 Å². The van der Waals surface area contributed by atoms with Crippen LogP contribution in [0, 0.1) is 0 Å².